The van der Waals surface area contributed by atoms with Crippen LogP contribution in [-0.4, -0.2) is 22.5 Å². The zero-order chi connectivity index (χ0) is 23.5. The van der Waals surface area contributed by atoms with Gasteiger partial charge in [-0.05, 0) is 54.3 Å². The van der Waals surface area contributed by atoms with Crippen LogP contribution in [0.2, 0.25) is 0 Å². The van der Waals surface area contributed by atoms with E-state index in [0.29, 0.717) is 29.6 Å². The lowest BCUT2D eigenvalue weighted by atomic mass is 9.98. The van der Waals surface area contributed by atoms with E-state index in [-0.39, 0.29) is 4.90 Å². The van der Waals surface area contributed by atoms with Crippen molar-refractivity contribution < 1.29 is 13.5 Å². The highest BCUT2D eigenvalue weighted by molar-refractivity contribution is 7.90. The molecule has 0 aliphatic rings. The van der Waals surface area contributed by atoms with Crippen molar-refractivity contribution in [1.82, 2.24) is 8.96 Å². The number of aromatic nitrogens is 2. The summed E-state index contributed by atoms with van der Waals surface area (Å²) in [4.78, 5) is 4.60. The van der Waals surface area contributed by atoms with Crippen LogP contribution in [0.15, 0.2) is 114 Å². The maximum Gasteiger partial charge on any atom is 0.268 e. The van der Waals surface area contributed by atoms with Crippen LogP contribution in [0.25, 0.3) is 10.9 Å². The van der Waals surface area contributed by atoms with Crippen LogP contribution in [0.4, 0.5) is 0 Å². The minimum atomic E-state index is -3.97. The molecule has 1 atom stereocenters. The fourth-order valence-electron chi connectivity index (χ4n) is 4.38. The molecule has 5 rings (SSSR count). The Morgan fingerprint density at radius 2 is 1.41 bits per heavy atom. The molecule has 0 radical (unpaired) electrons. The molecule has 0 aliphatic carbocycles. The smallest absolute Gasteiger partial charge is 0.268 e. The fraction of sp³-hybridized carbons (Fsp3) is 0.107. The second kappa shape index (κ2) is 9.25. The molecule has 2 aromatic heterocycles. The third kappa shape index (κ3) is 4.02. The van der Waals surface area contributed by atoms with E-state index in [0.717, 1.165) is 16.6 Å². The summed E-state index contributed by atoms with van der Waals surface area (Å²) >= 11 is 0. The predicted molar refractivity (Wildman–Crippen MR) is 133 cm³/mol. The normalized spacial score (nSPS) is 12.6. The van der Waals surface area contributed by atoms with Crippen LogP contribution in [0.5, 0.6) is 0 Å². The van der Waals surface area contributed by atoms with Crippen molar-refractivity contribution in [2.75, 3.05) is 0 Å². The second-order valence-corrected chi connectivity index (χ2v) is 9.88. The first-order chi connectivity index (χ1) is 16.6. The van der Waals surface area contributed by atoms with Crippen LogP contribution in [0.1, 0.15) is 28.6 Å². The molecule has 0 saturated carbocycles. The number of aliphatic hydroxyl groups is 1. The second-order valence-electron chi connectivity index (χ2n) is 8.10. The van der Waals surface area contributed by atoms with E-state index in [9.17, 15) is 13.5 Å². The van der Waals surface area contributed by atoms with Gasteiger partial charge in [0.25, 0.3) is 10.0 Å². The highest BCUT2D eigenvalue weighted by Crippen LogP contribution is 2.37. The zero-order valence-corrected chi connectivity index (χ0v) is 19.3. The number of hydrogen-bond acceptors (Lipinski definition) is 4. The van der Waals surface area contributed by atoms with Gasteiger partial charge in [0.2, 0.25) is 0 Å². The van der Waals surface area contributed by atoms with E-state index < -0.39 is 16.1 Å². The van der Waals surface area contributed by atoms with E-state index in [2.05, 4.69) is 4.98 Å². The molecule has 0 fully saturated rings. The van der Waals surface area contributed by atoms with E-state index >= 15 is 0 Å². The van der Waals surface area contributed by atoms with Gasteiger partial charge in [-0.15, -0.1) is 0 Å². The minimum Gasteiger partial charge on any atom is -0.382 e. The summed E-state index contributed by atoms with van der Waals surface area (Å²) in [6, 6.07) is 30.7. The van der Waals surface area contributed by atoms with Crippen LogP contribution in [0.3, 0.4) is 0 Å². The topological polar surface area (TPSA) is 72.2 Å². The van der Waals surface area contributed by atoms with Gasteiger partial charge in [0.05, 0.1) is 16.1 Å². The number of rotatable bonds is 7. The molecule has 170 valence electrons. The summed E-state index contributed by atoms with van der Waals surface area (Å²) in [5, 5.41) is 12.4. The molecule has 0 saturated heterocycles. The maximum atomic E-state index is 13.9. The van der Waals surface area contributed by atoms with Crippen molar-refractivity contribution in [3.8, 4) is 0 Å². The zero-order valence-electron chi connectivity index (χ0n) is 18.5. The van der Waals surface area contributed by atoms with Gasteiger partial charge in [-0.25, -0.2) is 12.4 Å². The highest BCUT2D eigenvalue weighted by Gasteiger charge is 2.30. The number of hydrogen-bond donors (Lipinski definition) is 1. The Hall–Kier alpha value is -3.74. The number of benzene rings is 3. The van der Waals surface area contributed by atoms with Crippen LogP contribution in [-0.2, 0) is 22.9 Å². The van der Waals surface area contributed by atoms with Crippen molar-refractivity contribution in [2.24, 2.45) is 0 Å². The Labute approximate surface area is 199 Å². The maximum absolute atomic E-state index is 13.9. The molecule has 3 aromatic carbocycles. The average Bonchev–Trinajstić information content (AvgIpc) is 3.23. The van der Waals surface area contributed by atoms with Gasteiger partial charge in [0.15, 0.2) is 0 Å². The largest absolute Gasteiger partial charge is 0.382 e. The Morgan fingerprint density at radius 3 is 2.12 bits per heavy atom. The number of nitrogens with zero attached hydrogens (tertiary/aromatic N) is 2. The molecule has 0 aliphatic heterocycles. The Morgan fingerprint density at radius 1 is 0.765 bits per heavy atom. The molecular formula is C28H24N2O3S. The predicted octanol–water partition coefficient (Wildman–Crippen LogP) is 5.14. The van der Waals surface area contributed by atoms with Gasteiger partial charge in [-0.2, -0.15) is 0 Å². The SMILES string of the molecule is O=S(=O)(c1ccccc1)n1c(C(O)c2ccccc2)c(CCc2ccccn2)c2ccccc21. The molecule has 0 bridgehead atoms. The monoisotopic (exact) mass is 468 g/mol. The quantitative estimate of drug-likeness (QED) is 0.359. The Bertz CT molecular complexity index is 1510. The van der Waals surface area contributed by atoms with Crippen molar-refractivity contribution in [3.05, 3.63) is 132 Å². The van der Waals surface area contributed by atoms with E-state index in [1.807, 2.05) is 66.7 Å². The number of pyridine rings is 1. The fourth-order valence-corrected chi connectivity index (χ4v) is 5.98. The van der Waals surface area contributed by atoms with Gasteiger partial charge >= 0.3 is 0 Å². The summed E-state index contributed by atoms with van der Waals surface area (Å²) in [5.41, 5.74) is 3.26. The molecule has 34 heavy (non-hydrogen) atoms. The standard InChI is InChI=1S/C28H24N2O3S/c31-28(21-11-3-1-4-12-21)27-25(19-18-22-13-9-10-20-29-22)24-16-7-8-17-26(24)30(27)34(32,33)23-14-5-2-6-15-23/h1-17,20,28,31H,18-19H2. The van der Waals surface area contributed by atoms with E-state index in [1.165, 1.54) is 3.97 Å². The summed E-state index contributed by atoms with van der Waals surface area (Å²) in [5.74, 6) is 0. The average molecular weight is 469 g/mol. The van der Waals surface area contributed by atoms with Gasteiger partial charge in [-0.1, -0.05) is 72.8 Å². The lowest BCUT2D eigenvalue weighted by Crippen LogP contribution is -2.19. The van der Waals surface area contributed by atoms with Gasteiger partial charge in [-0.3, -0.25) is 4.98 Å². The number of para-hydroxylation sites is 1. The van der Waals surface area contributed by atoms with Crippen molar-refractivity contribution >= 4 is 20.9 Å². The number of fused-ring (bicyclic) bond motifs is 1. The molecule has 5 nitrogen and oxygen atoms in total. The molecule has 6 heteroatoms. The molecule has 1 N–H and O–H groups in total. The lowest BCUT2D eigenvalue weighted by molar-refractivity contribution is 0.213. The van der Waals surface area contributed by atoms with E-state index in [4.69, 9.17) is 0 Å². The Kier molecular flexibility index (Phi) is 6.01. The first-order valence-corrected chi connectivity index (χ1v) is 12.6. The molecule has 1 unspecified atom stereocenters. The van der Waals surface area contributed by atoms with Crippen LogP contribution < -0.4 is 0 Å². The first-order valence-electron chi connectivity index (χ1n) is 11.1. The van der Waals surface area contributed by atoms with Gasteiger partial charge < -0.3 is 5.11 Å². The first kappa shape index (κ1) is 22.1. The third-order valence-electron chi connectivity index (χ3n) is 5.99. The minimum absolute atomic E-state index is 0.175. The molecule has 0 spiro atoms. The Balaban J connectivity index is 1.76. The lowest BCUT2D eigenvalue weighted by Gasteiger charge is -2.18. The molecular weight excluding hydrogens is 444 g/mol. The molecule has 0 amide bonds. The molecule has 2 heterocycles. The third-order valence-corrected chi connectivity index (χ3v) is 7.73. The van der Waals surface area contributed by atoms with E-state index in [1.54, 1.807) is 42.6 Å². The van der Waals surface area contributed by atoms with Crippen molar-refractivity contribution in [1.29, 1.82) is 0 Å². The summed E-state index contributed by atoms with van der Waals surface area (Å²) in [7, 11) is -3.97. The highest BCUT2D eigenvalue weighted by atomic mass is 32.2. The number of aryl methyl sites for hydroxylation is 2. The van der Waals surface area contributed by atoms with Crippen molar-refractivity contribution in [3.63, 3.8) is 0 Å². The van der Waals surface area contributed by atoms with Crippen molar-refractivity contribution in [2.45, 2.75) is 23.8 Å². The summed E-state index contributed by atoms with van der Waals surface area (Å²) < 4.78 is 29.2. The van der Waals surface area contributed by atoms with Crippen LogP contribution in [0, 0.1) is 0 Å². The summed E-state index contributed by atoms with van der Waals surface area (Å²) in [6.07, 6.45) is 1.78. The number of aliphatic hydroxyl groups excluding tert-OH is 1. The molecule has 5 aromatic rings. The van der Waals surface area contributed by atoms with Gasteiger partial charge in [0, 0.05) is 17.3 Å². The van der Waals surface area contributed by atoms with Gasteiger partial charge in [0.1, 0.15) is 6.10 Å². The van der Waals surface area contributed by atoms with Crippen LogP contribution >= 0.6 is 0 Å². The summed E-state index contributed by atoms with van der Waals surface area (Å²) in [6.45, 7) is 0.